The van der Waals surface area contributed by atoms with Crippen molar-refractivity contribution in [2.24, 2.45) is 0 Å². The Bertz CT molecular complexity index is 412. The fraction of sp³-hybridized carbons (Fsp3) is 0.400. The van der Waals surface area contributed by atoms with E-state index in [9.17, 15) is 19.8 Å². The second kappa shape index (κ2) is 4.27. The number of carboxylic acid groups (broad SMARTS) is 1. The Morgan fingerprint density at radius 2 is 2.33 bits per heavy atom. The van der Waals surface area contributed by atoms with Crippen molar-refractivity contribution in [1.82, 2.24) is 4.98 Å². The van der Waals surface area contributed by atoms with Crippen molar-refractivity contribution < 1.29 is 15.0 Å². The van der Waals surface area contributed by atoms with Crippen molar-refractivity contribution in [2.75, 3.05) is 0 Å². The summed E-state index contributed by atoms with van der Waals surface area (Å²) in [7, 11) is 0. The topological polar surface area (TPSA) is 93.2 Å². The summed E-state index contributed by atoms with van der Waals surface area (Å²) in [5, 5.41) is 20.5. The van der Waals surface area contributed by atoms with Gasteiger partial charge in [0.15, 0.2) is 0 Å². The molecule has 1 atom stereocenters. The Labute approximate surface area is 86.4 Å². The molecule has 2 N–H and O–H groups in total. The molecule has 0 saturated heterocycles. The molecule has 0 aliphatic heterocycles. The van der Waals surface area contributed by atoms with E-state index in [-0.39, 0.29) is 17.5 Å². The Kier molecular flexibility index (Phi) is 3.26. The number of rotatable bonds is 4. The number of pyridine rings is 1. The monoisotopic (exact) mass is 210 g/mol. The Hall–Kier alpha value is -1.62. The molecule has 1 aromatic heterocycles. The highest BCUT2D eigenvalue weighted by Crippen LogP contribution is 2.26. The van der Waals surface area contributed by atoms with Crippen LogP contribution in [0.25, 0.3) is 0 Å². The van der Waals surface area contributed by atoms with Crippen molar-refractivity contribution in [3.63, 3.8) is 0 Å². The molecule has 1 unspecified atom stereocenters. The van der Waals surface area contributed by atoms with Crippen molar-refractivity contribution in [3.05, 3.63) is 34.2 Å². The van der Waals surface area contributed by atoms with Crippen LogP contribution < -0.4 is 10.7 Å². The highest BCUT2D eigenvalue weighted by Gasteiger charge is 2.27. The van der Waals surface area contributed by atoms with Crippen molar-refractivity contribution >= 4 is 5.97 Å². The molecule has 0 radical (unpaired) electrons. The van der Waals surface area contributed by atoms with E-state index in [1.54, 1.807) is 6.92 Å². The standard InChI is InChI=1S/C10H13NO4/c1-2-10(15,6-9(13)14)7-3-4-11-8(12)5-7/h3-5,15H,2,6H2,1H3,(H,11,12)(H,13,14)/p-1. The van der Waals surface area contributed by atoms with Crippen molar-refractivity contribution in [3.8, 4) is 0 Å². The predicted octanol–water partition coefficient (Wildman–Crippen LogP) is -0.888. The Morgan fingerprint density at radius 1 is 1.67 bits per heavy atom. The number of aromatic nitrogens is 1. The first kappa shape index (κ1) is 11.5. The summed E-state index contributed by atoms with van der Waals surface area (Å²) in [6.45, 7) is 1.64. The van der Waals surface area contributed by atoms with Gasteiger partial charge in [0.05, 0.1) is 5.60 Å². The molecule has 0 bridgehead atoms. The van der Waals surface area contributed by atoms with E-state index in [0.717, 1.165) is 0 Å². The summed E-state index contributed by atoms with van der Waals surface area (Å²) < 4.78 is 0. The lowest BCUT2D eigenvalue weighted by molar-refractivity contribution is -0.309. The highest BCUT2D eigenvalue weighted by molar-refractivity contribution is 5.66. The maximum atomic E-state index is 11.0. The number of carbonyl (C=O) groups is 1. The molecular weight excluding hydrogens is 198 g/mol. The number of carboxylic acids is 1. The van der Waals surface area contributed by atoms with Gasteiger partial charge in [-0.2, -0.15) is 0 Å². The van der Waals surface area contributed by atoms with Gasteiger partial charge in [0, 0.05) is 24.7 Å². The average molecular weight is 210 g/mol. The smallest absolute Gasteiger partial charge is 0.248 e. The van der Waals surface area contributed by atoms with Gasteiger partial charge in [-0.3, -0.25) is 4.79 Å². The first-order valence-electron chi connectivity index (χ1n) is 4.59. The SMILES string of the molecule is CCC(O)(CC(=O)[O-])c1cc[nH]c(=O)c1. The summed E-state index contributed by atoms with van der Waals surface area (Å²) >= 11 is 0. The molecule has 1 aromatic rings. The summed E-state index contributed by atoms with van der Waals surface area (Å²) in [5.74, 6) is -1.35. The minimum absolute atomic E-state index is 0.199. The largest absolute Gasteiger partial charge is 0.550 e. The second-order valence-corrected chi connectivity index (χ2v) is 3.38. The van der Waals surface area contributed by atoms with Crippen LogP contribution in [0.15, 0.2) is 23.1 Å². The molecule has 15 heavy (non-hydrogen) atoms. The molecule has 1 heterocycles. The molecule has 82 valence electrons. The number of H-pyrrole nitrogens is 1. The lowest BCUT2D eigenvalue weighted by atomic mass is 9.89. The number of hydrogen-bond donors (Lipinski definition) is 2. The van der Waals surface area contributed by atoms with Gasteiger partial charge in [-0.05, 0) is 18.1 Å². The molecular formula is C10H12NO4-. The Morgan fingerprint density at radius 3 is 2.80 bits per heavy atom. The first-order valence-corrected chi connectivity index (χ1v) is 4.59. The quantitative estimate of drug-likeness (QED) is 0.674. The molecule has 0 saturated carbocycles. The Balaban J connectivity index is 3.10. The van der Waals surface area contributed by atoms with Crippen LogP contribution in [-0.4, -0.2) is 16.1 Å². The van der Waals surface area contributed by atoms with E-state index in [1.807, 2.05) is 0 Å². The lowest BCUT2D eigenvalue weighted by Crippen LogP contribution is -2.35. The number of aromatic amines is 1. The van der Waals surface area contributed by atoms with Gasteiger partial charge in [0.2, 0.25) is 5.56 Å². The van der Waals surface area contributed by atoms with E-state index in [0.29, 0.717) is 0 Å². The second-order valence-electron chi connectivity index (χ2n) is 3.38. The highest BCUT2D eigenvalue weighted by atomic mass is 16.4. The maximum Gasteiger partial charge on any atom is 0.248 e. The van der Waals surface area contributed by atoms with Crippen molar-refractivity contribution in [2.45, 2.75) is 25.4 Å². The number of hydrogen-bond acceptors (Lipinski definition) is 4. The molecule has 5 heteroatoms. The van der Waals surface area contributed by atoms with E-state index in [4.69, 9.17) is 0 Å². The van der Waals surface area contributed by atoms with Gasteiger partial charge >= 0.3 is 0 Å². The molecule has 0 aliphatic rings. The van der Waals surface area contributed by atoms with Gasteiger partial charge in [0.1, 0.15) is 0 Å². The third kappa shape index (κ3) is 2.66. The number of carbonyl (C=O) groups excluding carboxylic acids is 1. The van der Waals surface area contributed by atoms with Gasteiger partial charge in [-0.25, -0.2) is 0 Å². The van der Waals surface area contributed by atoms with Crippen molar-refractivity contribution in [1.29, 1.82) is 0 Å². The minimum atomic E-state index is -1.53. The minimum Gasteiger partial charge on any atom is -0.550 e. The molecule has 0 spiro atoms. The maximum absolute atomic E-state index is 11.0. The van der Waals surface area contributed by atoms with Gasteiger partial charge in [-0.15, -0.1) is 0 Å². The molecule has 0 fully saturated rings. The molecule has 5 nitrogen and oxygen atoms in total. The summed E-state index contributed by atoms with van der Waals surface area (Å²) in [6, 6.07) is 2.67. The van der Waals surface area contributed by atoms with E-state index >= 15 is 0 Å². The summed E-state index contributed by atoms with van der Waals surface area (Å²) in [6.07, 6.45) is 1.05. The zero-order chi connectivity index (χ0) is 11.5. The summed E-state index contributed by atoms with van der Waals surface area (Å²) in [5.41, 5.74) is -1.62. The van der Waals surface area contributed by atoms with Crippen LogP contribution in [0.5, 0.6) is 0 Å². The van der Waals surface area contributed by atoms with E-state index < -0.39 is 18.0 Å². The normalized spacial score (nSPS) is 14.5. The van der Waals surface area contributed by atoms with E-state index in [1.165, 1.54) is 18.3 Å². The number of nitrogens with one attached hydrogen (secondary N) is 1. The van der Waals surface area contributed by atoms with Crippen LogP contribution in [0.1, 0.15) is 25.3 Å². The average Bonchev–Trinajstić information content (AvgIpc) is 2.16. The molecule has 0 amide bonds. The third-order valence-corrected chi connectivity index (χ3v) is 2.33. The van der Waals surface area contributed by atoms with Crippen LogP contribution in [0.2, 0.25) is 0 Å². The van der Waals surface area contributed by atoms with Crippen LogP contribution in [-0.2, 0) is 10.4 Å². The van der Waals surface area contributed by atoms with Crippen LogP contribution in [0.3, 0.4) is 0 Å². The van der Waals surface area contributed by atoms with Crippen LogP contribution >= 0.6 is 0 Å². The number of aliphatic hydroxyl groups is 1. The summed E-state index contributed by atoms with van der Waals surface area (Å²) in [4.78, 5) is 23.9. The van der Waals surface area contributed by atoms with Gasteiger partial charge in [0.25, 0.3) is 0 Å². The zero-order valence-corrected chi connectivity index (χ0v) is 8.32. The molecule has 1 rings (SSSR count). The lowest BCUT2D eigenvalue weighted by Gasteiger charge is -2.27. The van der Waals surface area contributed by atoms with Crippen LogP contribution in [0.4, 0.5) is 0 Å². The van der Waals surface area contributed by atoms with Gasteiger partial charge in [-0.1, -0.05) is 6.92 Å². The fourth-order valence-corrected chi connectivity index (χ4v) is 1.40. The third-order valence-electron chi connectivity index (χ3n) is 2.33. The predicted molar refractivity (Wildman–Crippen MR) is 50.9 cm³/mol. The fourth-order valence-electron chi connectivity index (χ4n) is 1.40. The van der Waals surface area contributed by atoms with Crippen LogP contribution in [0, 0.1) is 0 Å². The zero-order valence-electron chi connectivity index (χ0n) is 8.32. The number of aliphatic carboxylic acids is 1. The molecule has 0 aromatic carbocycles. The first-order chi connectivity index (χ1) is 6.98. The molecule has 0 aliphatic carbocycles. The van der Waals surface area contributed by atoms with E-state index in [2.05, 4.69) is 4.98 Å². The van der Waals surface area contributed by atoms with Gasteiger partial charge < -0.3 is 20.0 Å².